The van der Waals surface area contributed by atoms with Gasteiger partial charge in [0.1, 0.15) is 5.75 Å². The SMILES string of the molecule is COc1ccc(Cl)cc1.N. The Kier molecular flexibility index (Phi) is 3.84. The number of halogens is 1. The van der Waals surface area contributed by atoms with Crippen molar-refractivity contribution in [2.24, 2.45) is 0 Å². The topological polar surface area (TPSA) is 44.2 Å². The summed E-state index contributed by atoms with van der Waals surface area (Å²) in [5.74, 6) is 0.833. The fraction of sp³-hybridized carbons (Fsp3) is 0.143. The monoisotopic (exact) mass is 159 g/mol. The molecule has 0 spiro atoms. The fourth-order valence-corrected chi connectivity index (χ4v) is 0.697. The molecule has 3 heteroatoms. The molecule has 0 unspecified atom stereocenters. The van der Waals surface area contributed by atoms with Gasteiger partial charge in [-0.1, -0.05) is 11.6 Å². The van der Waals surface area contributed by atoms with Crippen molar-refractivity contribution in [1.82, 2.24) is 6.15 Å². The van der Waals surface area contributed by atoms with Crippen molar-refractivity contribution >= 4 is 11.6 Å². The van der Waals surface area contributed by atoms with Crippen LogP contribution in [0.2, 0.25) is 5.02 Å². The van der Waals surface area contributed by atoms with Crippen molar-refractivity contribution in [1.29, 1.82) is 0 Å². The third kappa shape index (κ3) is 2.25. The van der Waals surface area contributed by atoms with Crippen LogP contribution in [-0.2, 0) is 0 Å². The van der Waals surface area contributed by atoms with Crippen LogP contribution in [0.3, 0.4) is 0 Å². The number of hydrogen-bond acceptors (Lipinski definition) is 2. The minimum absolute atomic E-state index is 0. The van der Waals surface area contributed by atoms with Gasteiger partial charge >= 0.3 is 0 Å². The summed E-state index contributed by atoms with van der Waals surface area (Å²) in [6.07, 6.45) is 0. The zero-order valence-electron chi connectivity index (χ0n) is 5.80. The second-order valence-electron chi connectivity index (χ2n) is 1.66. The van der Waals surface area contributed by atoms with Crippen LogP contribution in [0.4, 0.5) is 0 Å². The number of ether oxygens (including phenoxy) is 1. The molecule has 1 rings (SSSR count). The lowest BCUT2D eigenvalue weighted by Crippen LogP contribution is -1.79. The molecule has 10 heavy (non-hydrogen) atoms. The Morgan fingerprint density at radius 1 is 1.20 bits per heavy atom. The molecule has 0 aliphatic rings. The van der Waals surface area contributed by atoms with E-state index in [0.717, 1.165) is 10.8 Å². The van der Waals surface area contributed by atoms with E-state index in [9.17, 15) is 0 Å². The van der Waals surface area contributed by atoms with Crippen molar-refractivity contribution in [3.63, 3.8) is 0 Å². The van der Waals surface area contributed by atoms with Gasteiger partial charge in [-0.25, -0.2) is 0 Å². The first-order chi connectivity index (χ1) is 4.33. The van der Waals surface area contributed by atoms with E-state index in [1.54, 1.807) is 19.2 Å². The van der Waals surface area contributed by atoms with Crippen LogP contribution in [0.25, 0.3) is 0 Å². The van der Waals surface area contributed by atoms with Crippen molar-refractivity contribution < 1.29 is 4.74 Å². The molecule has 0 heterocycles. The third-order valence-corrected chi connectivity index (χ3v) is 1.30. The smallest absolute Gasteiger partial charge is 0.118 e. The maximum absolute atomic E-state index is 5.61. The molecule has 0 saturated carbocycles. The van der Waals surface area contributed by atoms with Gasteiger partial charge in [-0.05, 0) is 24.3 Å². The molecule has 0 saturated heterocycles. The average molecular weight is 160 g/mol. The Morgan fingerprint density at radius 3 is 2.10 bits per heavy atom. The second kappa shape index (κ2) is 4.14. The highest BCUT2D eigenvalue weighted by Gasteiger charge is 1.87. The molecular weight excluding hydrogens is 150 g/mol. The summed E-state index contributed by atoms with van der Waals surface area (Å²) >= 11 is 5.61. The number of hydrogen-bond donors (Lipinski definition) is 1. The summed E-state index contributed by atoms with van der Waals surface area (Å²) in [7, 11) is 1.63. The molecule has 1 aromatic carbocycles. The summed E-state index contributed by atoms with van der Waals surface area (Å²) in [6.45, 7) is 0. The minimum Gasteiger partial charge on any atom is -0.497 e. The Bertz CT molecular complexity index is 185. The van der Waals surface area contributed by atoms with Gasteiger partial charge in [-0.3, -0.25) is 0 Å². The third-order valence-electron chi connectivity index (χ3n) is 1.05. The molecule has 0 aromatic heterocycles. The van der Waals surface area contributed by atoms with Crippen LogP contribution < -0.4 is 10.9 Å². The highest BCUT2D eigenvalue weighted by atomic mass is 35.5. The number of methoxy groups -OCH3 is 1. The standard InChI is InChI=1S/C7H7ClO.H3N/c1-9-7-4-2-6(8)3-5-7;/h2-5H,1H3;1H3. The second-order valence-corrected chi connectivity index (χ2v) is 2.09. The van der Waals surface area contributed by atoms with Gasteiger partial charge < -0.3 is 10.9 Å². The van der Waals surface area contributed by atoms with Gasteiger partial charge in [-0.2, -0.15) is 0 Å². The predicted molar refractivity (Wildman–Crippen MR) is 43.0 cm³/mol. The zero-order valence-corrected chi connectivity index (χ0v) is 6.56. The summed E-state index contributed by atoms with van der Waals surface area (Å²) < 4.78 is 4.91. The molecule has 0 fully saturated rings. The van der Waals surface area contributed by atoms with Crippen LogP contribution in [0.1, 0.15) is 0 Å². The first-order valence-corrected chi connectivity index (χ1v) is 3.00. The molecule has 0 radical (unpaired) electrons. The fourth-order valence-electron chi connectivity index (χ4n) is 0.571. The molecule has 0 aliphatic heterocycles. The Labute approximate surface area is 65.3 Å². The molecule has 0 aliphatic carbocycles. The largest absolute Gasteiger partial charge is 0.497 e. The Balaban J connectivity index is 0.000000810. The van der Waals surface area contributed by atoms with Crippen molar-refractivity contribution in [2.45, 2.75) is 0 Å². The summed E-state index contributed by atoms with van der Waals surface area (Å²) in [6, 6.07) is 7.23. The van der Waals surface area contributed by atoms with Crippen molar-refractivity contribution in [3.05, 3.63) is 29.3 Å². The molecule has 3 N–H and O–H groups in total. The van der Waals surface area contributed by atoms with Gasteiger partial charge in [0.05, 0.1) is 7.11 Å². The van der Waals surface area contributed by atoms with E-state index in [4.69, 9.17) is 16.3 Å². The maximum atomic E-state index is 5.61. The molecule has 56 valence electrons. The van der Waals surface area contributed by atoms with Gasteiger partial charge in [0, 0.05) is 5.02 Å². The number of rotatable bonds is 1. The lowest BCUT2D eigenvalue weighted by atomic mass is 10.3. The van der Waals surface area contributed by atoms with Crippen LogP contribution in [0.15, 0.2) is 24.3 Å². The highest BCUT2D eigenvalue weighted by molar-refractivity contribution is 6.30. The van der Waals surface area contributed by atoms with E-state index in [0.29, 0.717) is 0 Å². The maximum Gasteiger partial charge on any atom is 0.118 e. The Morgan fingerprint density at radius 2 is 1.70 bits per heavy atom. The minimum atomic E-state index is 0. The van der Waals surface area contributed by atoms with Crippen molar-refractivity contribution in [2.75, 3.05) is 7.11 Å². The van der Waals surface area contributed by atoms with Gasteiger partial charge in [0.15, 0.2) is 0 Å². The van der Waals surface area contributed by atoms with Crippen LogP contribution in [0, 0.1) is 0 Å². The van der Waals surface area contributed by atoms with E-state index in [2.05, 4.69) is 0 Å². The normalized spacial score (nSPS) is 8.20. The molecular formula is C7H10ClNO. The van der Waals surface area contributed by atoms with E-state index in [1.165, 1.54) is 0 Å². The first kappa shape index (κ1) is 9.27. The summed E-state index contributed by atoms with van der Waals surface area (Å²) in [5, 5.41) is 0.732. The first-order valence-electron chi connectivity index (χ1n) is 2.62. The Hall–Kier alpha value is -0.730. The predicted octanol–water partition coefficient (Wildman–Crippen LogP) is 2.51. The number of benzene rings is 1. The molecule has 2 nitrogen and oxygen atoms in total. The average Bonchev–Trinajstić information content (AvgIpc) is 1.90. The van der Waals surface area contributed by atoms with E-state index < -0.39 is 0 Å². The summed E-state index contributed by atoms with van der Waals surface area (Å²) in [5.41, 5.74) is 0. The molecule has 1 aromatic rings. The van der Waals surface area contributed by atoms with E-state index in [1.807, 2.05) is 12.1 Å². The molecule has 0 bridgehead atoms. The van der Waals surface area contributed by atoms with Gasteiger partial charge in [0.25, 0.3) is 0 Å². The lowest BCUT2D eigenvalue weighted by molar-refractivity contribution is 0.415. The van der Waals surface area contributed by atoms with Gasteiger partial charge in [-0.15, -0.1) is 0 Å². The van der Waals surface area contributed by atoms with E-state index >= 15 is 0 Å². The van der Waals surface area contributed by atoms with Crippen molar-refractivity contribution in [3.8, 4) is 5.75 Å². The quantitative estimate of drug-likeness (QED) is 0.684. The van der Waals surface area contributed by atoms with Crippen LogP contribution in [0.5, 0.6) is 5.75 Å². The van der Waals surface area contributed by atoms with Gasteiger partial charge in [0.2, 0.25) is 0 Å². The van der Waals surface area contributed by atoms with Crippen LogP contribution >= 0.6 is 11.6 Å². The lowest BCUT2D eigenvalue weighted by Gasteiger charge is -1.96. The van der Waals surface area contributed by atoms with E-state index in [-0.39, 0.29) is 6.15 Å². The molecule has 0 amide bonds. The highest BCUT2D eigenvalue weighted by Crippen LogP contribution is 2.14. The van der Waals surface area contributed by atoms with Crippen LogP contribution in [-0.4, -0.2) is 7.11 Å². The molecule has 0 atom stereocenters. The zero-order chi connectivity index (χ0) is 6.69. The summed E-state index contributed by atoms with van der Waals surface area (Å²) in [4.78, 5) is 0.